The lowest BCUT2D eigenvalue weighted by Crippen LogP contribution is -2.37. The van der Waals surface area contributed by atoms with E-state index in [0.29, 0.717) is 11.5 Å². The quantitative estimate of drug-likeness (QED) is 0.868. The van der Waals surface area contributed by atoms with Crippen molar-refractivity contribution in [1.82, 2.24) is 5.32 Å². The zero-order chi connectivity index (χ0) is 12.5. The Kier molecular flexibility index (Phi) is 2.83. The van der Waals surface area contributed by atoms with E-state index in [2.05, 4.69) is 5.32 Å². The number of methoxy groups -OCH3 is 2. The van der Waals surface area contributed by atoms with Crippen molar-refractivity contribution in [3.05, 3.63) is 23.8 Å². The average molecular weight is 237 g/mol. The van der Waals surface area contributed by atoms with Gasteiger partial charge in [0.2, 0.25) is 0 Å². The summed E-state index contributed by atoms with van der Waals surface area (Å²) in [4.78, 5) is 11.2. The van der Waals surface area contributed by atoms with E-state index in [0.717, 1.165) is 5.56 Å². The SMILES string of the molecule is COc1ccc(OC)c(C2(C)COC(=O)N2)c1. The van der Waals surface area contributed by atoms with E-state index in [9.17, 15) is 4.79 Å². The molecule has 1 aromatic rings. The van der Waals surface area contributed by atoms with E-state index >= 15 is 0 Å². The Morgan fingerprint density at radius 2 is 2.12 bits per heavy atom. The van der Waals surface area contributed by atoms with Gasteiger partial charge in [-0.1, -0.05) is 0 Å². The second-order valence-electron chi connectivity index (χ2n) is 4.10. The molecule has 1 aromatic carbocycles. The molecule has 5 nitrogen and oxygen atoms in total. The van der Waals surface area contributed by atoms with Crippen LogP contribution in [-0.2, 0) is 10.3 Å². The Morgan fingerprint density at radius 3 is 2.65 bits per heavy atom. The number of nitrogens with one attached hydrogen (secondary N) is 1. The fourth-order valence-electron chi connectivity index (χ4n) is 1.90. The molecule has 1 saturated heterocycles. The summed E-state index contributed by atoms with van der Waals surface area (Å²) in [6.45, 7) is 2.16. The molecule has 1 aliphatic rings. The first-order valence-corrected chi connectivity index (χ1v) is 5.26. The lowest BCUT2D eigenvalue weighted by molar-refractivity contribution is 0.173. The van der Waals surface area contributed by atoms with Gasteiger partial charge in [-0.15, -0.1) is 0 Å². The maximum absolute atomic E-state index is 11.2. The fourth-order valence-corrected chi connectivity index (χ4v) is 1.90. The third-order valence-electron chi connectivity index (χ3n) is 2.87. The van der Waals surface area contributed by atoms with Gasteiger partial charge in [0.15, 0.2) is 0 Å². The van der Waals surface area contributed by atoms with Crippen LogP contribution >= 0.6 is 0 Å². The van der Waals surface area contributed by atoms with E-state index in [1.165, 1.54) is 0 Å². The predicted octanol–water partition coefficient (Wildman–Crippen LogP) is 1.66. The lowest BCUT2D eigenvalue weighted by atomic mass is 9.92. The van der Waals surface area contributed by atoms with Gasteiger partial charge >= 0.3 is 6.09 Å². The summed E-state index contributed by atoms with van der Waals surface area (Å²) in [6.07, 6.45) is -0.419. The van der Waals surface area contributed by atoms with Crippen LogP contribution in [-0.4, -0.2) is 26.9 Å². The topological polar surface area (TPSA) is 56.8 Å². The van der Waals surface area contributed by atoms with Gasteiger partial charge in [0.1, 0.15) is 23.6 Å². The Bertz CT molecular complexity index is 446. The lowest BCUT2D eigenvalue weighted by Gasteiger charge is -2.24. The highest BCUT2D eigenvalue weighted by atomic mass is 16.6. The summed E-state index contributed by atoms with van der Waals surface area (Å²) < 4.78 is 15.4. The Balaban J connectivity index is 2.45. The standard InChI is InChI=1S/C12H15NO4/c1-12(7-17-11(14)13-12)9-6-8(15-2)4-5-10(9)16-3/h4-6H,7H2,1-3H3,(H,13,14). The number of carbonyl (C=O) groups excluding carboxylic acids is 1. The van der Waals surface area contributed by atoms with Crippen molar-refractivity contribution >= 4 is 6.09 Å². The van der Waals surface area contributed by atoms with Crippen molar-refractivity contribution in [3.8, 4) is 11.5 Å². The van der Waals surface area contributed by atoms with Gasteiger partial charge < -0.3 is 19.5 Å². The summed E-state index contributed by atoms with van der Waals surface area (Å²) in [5.41, 5.74) is 0.252. The number of amides is 1. The number of rotatable bonds is 3. The molecule has 1 aliphatic heterocycles. The molecule has 0 spiro atoms. The van der Waals surface area contributed by atoms with Crippen LogP contribution in [0.3, 0.4) is 0 Å². The molecule has 0 aromatic heterocycles. The van der Waals surface area contributed by atoms with E-state index in [-0.39, 0.29) is 6.61 Å². The number of hydrogen-bond acceptors (Lipinski definition) is 4. The number of benzene rings is 1. The van der Waals surface area contributed by atoms with Gasteiger partial charge in [0, 0.05) is 5.56 Å². The van der Waals surface area contributed by atoms with E-state index in [1.54, 1.807) is 14.2 Å². The second-order valence-corrected chi connectivity index (χ2v) is 4.10. The van der Waals surface area contributed by atoms with Crippen molar-refractivity contribution in [1.29, 1.82) is 0 Å². The first kappa shape index (κ1) is 11.6. The van der Waals surface area contributed by atoms with Crippen LogP contribution in [0.1, 0.15) is 12.5 Å². The summed E-state index contributed by atoms with van der Waals surface area (Å²) in [6, 6.07) is 5.46. The predicted molar refractivity (Wildman–Crippen MR) is 61.4 cm³/mol. The first-order chi connectivity index (χ1) is 8.09. The molecule has 1 N–H and O–H groups in total. The highest BCUT2D eigenvalue weighted by Gasteiger charge is 2.39. The summed E-state index contributed by atoms with van der Waals surface area (Å²) in [5.74, 6) is 1.40. The number of hydrogen-bond donors (Lipinski definition) is 1. The monoisotopic (exact) mass is 237 g/mol. The van der Waals surface area contributed by atoms with Crippen molar-refractivity contribution < 1.29 is 19.0 Å². The largest absolute Gasteiger partial charge is 0.497 e. The van der Waals surface area contributed by atoms with Crippen LogP contribution in [0.25, 0.3) is 0 Å². The molecule has 1 fully saturated rings. The number of alkyl carbamates (subject to hydrolysis) is 1. The van der Waals surface area contributed by atoms with Crippen molar-refractivity contribution in [3.63, 3.8) is 0 Å². The van der Waals surface area contributed by atoms with Gasteiger partial charge in [-0.25, -0.2) is 4.79 Å². The zero-order valence-electron chi connectivity index (χ0n) is 10.1. The first-order valence-electron chi connectivity index (χ1n) is 5.26. The van der Waals surface area contributed by atoms with E-state index < -0.39 is 11.6 Å². The highest BCUT2D eigenvalue weighted by molar-refractivity contribution is 5.71. The van der Waals surface area contributed by atoms with Gasteiger partial charge in [0.25, 0.3) is 0 Å². The third kappa shape index (κ3) is 2.00. The fraction of sp³-hybridized carbons (Fsp3) is 0.417. The zero-order valence-corrected chi connectivity index (χ0v) is 10.1. The molecular formula is C12H15NO4. The van der Waals surface area contributed by atoms with Crippen LogP contribution in [0.15, 0.2) is 18.2 Å². The van der Waals surface area contributed by atoms with Crippen molar-refractivity contribution in [2.24, 2.45) is 0 Å². The third-order valence-corrected chi connectivity index (χ3v) is 2.87. The Labute approximate surface area is 99.7 Å². The van der Waals surface area contributed by atoms with Crippen molar-refractivity contribution in [2.45, 2.75) is 12.5 Å². The van der Waals surface area contributed by atoms with Crippen LogP contribution in [0, 0.1) is 0 Å². The van der Waals surface area contributed by atoms with Crippen LogP contribution in [0.4, 0.5) is 4.79 Å². The minimum atomic E-state index is -0.586. The smallest absolute Gasteiger partial charge is 0.408 e. The van der Waals surface area contributed by atoms with Crippen LogP contribution in [0.5, 0.6) is 11.5 Å². The Hall–Kier alpha value is -1.91. The highest BCUT2D eigenvalue weighted by Crippen LogP contribution is 2.35. The van der Waals surface area contributed by atoms with E-state index in [1.807, 2.05) is 25.1 Å². The Morgan fingerprint density at radius 1 is 1.35 bits per heavy atom. The number of cyclic esters (lactones) is 1. The molecule has 0 saturated carbocycles. The average Bonchev–Trinajstić information content (AvgIpc) is 2.69. The second kappa shape index (κ2) is 4.16. The van der Waals surface area contributed by atoms with Gasteiger partial charge in [-0.3, -0.25) is 0 Å². The molecule has 2 rings (SSSR count). The summed E-state index contributed by atoms with van der Waals surface area (Å²) in [5, 5.41) is 2.78. The number of carbonyl (C=O) groups is 1. The molecular weight excluding hydrogens is 222 g/mol. The molecule has 1 heterocycles. The van der Waals surface area contributed by atoms with Crippen LogP contribution < -0.4 is 14.8 Å². The van der Waals surface area contributed by atoms with Gasteiger partial charge in [-0.2, -0.15) is 0 Å². The minimum Gasteiger partial charge on any atom is -0.497 e. The molecule has 5 heteroatoms. The molecule has 92 valence electrons. The molecule has 0 radical (unpaired) electrons. The van der Waals surface area contributed by atoms with Gasteiger partial charge in [0.05, 0.1) is 14.2 Å². The molecule has 1 amide bonds. The molecule has 1 atom stereocenters. The molecule has 1 unspecified atom stereocenters. The molecule has 0 bridgehead atoms. The number of ether oxygens (including phenoxy) is 3. The molecule has 17 heavy (non-hydrogen) atoms. The summed E-state index contributed by atoms with van der Waals surface area (Å²) in [7, 11) is 3.18. The van der Waals surface area contributed by atoms with E-state index in [4.69, 9.17) is 14.2 Å². The normalized spacial score (nSPS) is 22.9. The maximum Gasteiger partial charge on any atom is 0.408 e. The molecule has 0 aliphatic carbocycles. The summed E-state index contributed by atoms with van der Waals surface area (Å²) >= 11 is 0. The van der Waals surface area contributed by atoms with Crippen LogP contribution in [0.2, 0.25) is 0 Å². The van der Waals surface area contributed by atoms with Crippen molar-refractivity contribution in [2.75, 3.05) is 20.8 Å². The van der Waals surface area contributed by atoms with Gasteiger partial charge in [-0.05, 0) is 25.1 Å². The maximum atomic E-state index is 11.2. The minimum absolute atomic E-state index is 0.273.